The molecule has 143 heavy (non-hydrogen) atoms. The third-order valence-electron chi connectivity index (χ3n) is 25.5. The maximum Gasteiger partial charge on any atom is 0.317 e. The van der Waals surface area contributed by atoms with Gasteiger partial charge in [-0.3, -0.25) is 53.4 Å². The fourth-order valence-electron chi connectivity index (χ4n) is 15.8. The van der Waals surface area contributed by atoms with Crippen LogP contribution in [0, 0.1) is 79.3 Å². The van der Waals surface area contributed by atoms with E-state index in [1.165, 1.54) is 43.4 Å². The Balaban J connectivity index is -0.000000366. The van der Waals surface area contributed by atoms with Crippen molar-refractivity contribution in [3.63, 3.8) is 0 Å². The van der Waals surface area contributed by atoms with E-state index in [1.807, 2.05) is 260 Å². The minimum atomic E-state index is -0.557. The molecule has 0 aromatic heterocycles. The molecule has 6 heterocycles. The van der Waals surface area contributed by atoms with Crippen LogP contribution in [-0.4, -0.2) is 329 Å². The lowest BCUT2D eigenvalue weighted by atomic mass is 9.80. The summed E-state index contributed by atoms with van der Waals surface area (Å²) >= 11 is 0. The van der Waals surface area contributed by atoms with Crippen molar-refractivity contribution < 1.29 is 88.5 Å². The molecule has 12 amide bonds. The maximum absolute atomic E-state index is 12.2. The number of likely N-dealkylation sites (tertiary alicyclic amines) is 3. The van der Waals surface area contributed by atoms with Gasteiger partial charge >= 0.3 is 6.03 Å². The third kappa shape index (κ3) is 62.4. The Hall–Kier alpha value is -6.65. The summed E-state index contributed by atoms with van der Waals surface area (Å²) in [6, 6.07) is 0.590. The van der Waals surface area contributed by atoms with E-state index in [1.54, 1.807) is 18.9 Å². The summed E-state index contributed by atoms with van der Waals surface area (Å²) < 4.78 is 0. The smallest absolute Gasteiger partial charge is 0.317 e. The zero-order chi connectivity index (χ0) is 111. The summed E-state index contributed by atoms with van der Waals surface area (Å²) in [7, 11) is 3.64. The van der Waals surface area contributed by atoms with Gasteiger partial charge in [0.2, 0.25) is 59.1 Å². The van der Waals surface area contributed by atoms with Crippen LogP contribution in [0.1, 0.15) is 372 Å². The van der Waals surface area contributed by atoms with Gasteiger partial charge in [0.15, 0.2) is 0 Å². The fourth-order valence-corrected chi connectivity index (χ4v) is 15.8. The zero-order valence-electron chi connectivity index (χ0n) is 97.4. The molecule has 2 aliphatic carbocycles. The van der Waals surface area contributed by atoms with Gasteiger partial charge in [-0.1, -0.05) is 254 Å². The van der Waals surface area contributed by atoms with Crippen LogP contribution in [0.2, 0.25) is 0 Å². The molecule has 6 aliphatic heterocycles. The number of aliphatic hydroxyl groups excluding tert-OH is 7. The highest BCUT2D eigenvalue weighted by Gasteiger charge is 2.44. The van der Waals surface area contributed by atoms with Crippen molar-refractivity contribution in [1.29, 1.82) is 0 Å². The van der Waals surface area contributed by atoms with Crippen molar-refractivity contribution >= 4 is 65.1 Å². The molecule has 0 aromatic carbocycles. The largest absolute Gasteiger partial charge is 0.396 e. The topological polar surface area (TPSA) is 427 Å². The molecule has 0 spiro atoms. The third-order valence-corrected chi connectivity index (χ3v) is 25.5. The van der Waals surface area contributed by atoms with Crippen molar-refractivity contribution in [3.05, 3.63) is 12.2 Å². The van der Waals surface area contributed by atoms with Gasteiger partial charge in [0.25, 0.3) is 0 Å². The van der Waals surface area contributed by atoms with Crippen molar-refractivity contribution in [3.8, 4) is 0 Å². The zero-order valence-corrected chi connectivity index (χ0v) is 97.4. The number of amides is 12. The highest BCUT2D eigenvalue weighted by atomic mass is 16.3. The van der Waals surface area contributed by atoms with Crippen molar-refractivity contribution in [2.75, 3.05) is 165 Å². The van der Waals surface area contributed by atoms with Crippen LogP contribution in [0.15, 0.2) is 12.2 Å². The van der Waals surface area contributed by atoms with E-state index < -0.39 is 12.0 Å². The predicted octanol–water partition coefficient (Wildman–Crippen LogP) is 14.8. The monoisotopic (exact) mass is 2040 g/mol. The van der Waals surface area contributed by atoms with Crippen LogP contribution in [0.3, 0.4) is 0 Å². The average Bonchev–Trinajstić information content (AvgIpc) is 1.66. The Kier molecular flexibility index (Phi) is 78.1. The Bertz CT molecular complexity index is 3390. The molecule has 32 heteroatoms. The van der Waals surface area contributed by atoms with E-state index in [0.717, 1.165) is 155 Å². The number of urea groups is 1. The summed E-state index contributed by atoms with van der Waals surface area (Å²) in [5.41, 5.74) is 2.19. The number of carbonyl (C=O) groups excluding carboxylic acids is 11. The molecule has 846 valence electrons. The van der Waals surface area contributed by atoms with E-state index in [0.29, 0.717) is 44.7 Å². The van der Waals surface area contributed by atoms with Gasteiger partial charge in [0, 0.05) is 141 Å². The van der Waals surface area contributed by atoms with E-state index in [-0.39, 0.29) is 204 Å². The van der Waals surface area contributed by atoms with Gasteiger partial charge in [-0.25, -0.2) is 9.80 Å². The van der Waals surface area contributed by atoms with E-state index in [9.17, 15) is 73.2 Å². The molecule has 6 saturated heterocycles. The minimum absolute atomic E-state index is 0. The van der Waals surface area contributed by atoms with Crippen molar-refractivity contribution in [2.45, 2.75) is 395 Å². The number of piperidine rings is 3. The van der Waals surface area contributed by atoms with Crippen molar-refractivity contribution in [1.82, 2.24) is 71.3 Å². The first-order valence-electron chi connectivity index (χ1n) is 54.3. The van der Waals surface area contributed by atoms with Crippen LogP contribution in [0.5, 0.6) is 0 Å². The number of likely N-dealkylation sites (N-methyl/N-ethyl adjacent to an activating group) is 1. The van der Waals surface area contributed by atoms with Crippen LogP contribution < -0.4 is 32.0 Å². The summed E-state index contributed by atoms with van der Waals surface area (Å²) in [4.78, 5) is 143. The first-order chi connectivity index (χ1) is 65.9. The molecule has 2 saturated carbocycles. The number of piperazine rings is 2. The molecule has 8 rings (SSSR count). The molecule has 13 N–H and O–H groups in total. The number of aliphatic hydroxyl groups is 7. The molecule has 8 unspecified atom stereocenters. The van der Waals surface area contributed by atoms with E-state index in [4.69, 9.17) is 15.3 Å². The maximum atomic E-state index is 12.2. The van der Waals surface area contributed by atoms with E-state index in [2.05, 4.69) is 50.5 Å². The van der Waals surface area contributed by atoms with Gasteiger partial charge in [-0.05, 0) is 163 Å². The summed E-state index contributed by atoms with van der Waals surface area (Å²) in [6.45, 7) is 85.2. The number of nitrogens with zero attached hydrogens (tertiary/aromatic N) is 8. The number of hydrogen-bond donors (Lipinski definition) is 13. The number of rotatable bonds is 23. The van der Waals surface area contributed by atoms with Crippen LogP contribution in [0.4, 0.5) is 4.79 Å². The Morgan fingerprint density at radius 3 is 1.13 bits per heavy atom. The molecule has 0 aromatic rings. The number of carbonyl (C=O) groups is 11. The summed E-state index contributed by atoms with van der Waals surface area (Å²) in [5.74, 6) is -1.76. The lowest BCUT2D eigenvalue weighted by Gasteiger charge is -2.37. The van der Waals surface area contributed by atoms with Crippen LogP contribution in [0.25, 0.3) is 0 Å². The average molecular weight is 2040 g/mol. The Morgan fingerprint density at radius 1 is 0.427 bits per heavy atom. The van der Waals surface area contributed by atoms with Gasteiger partial charge in [-0.2, -0.15) is 0 Å². The Labute approximate surface area is 872 Å². The number of nitrogens with one attached hydrogen (secondary N) is 6. The summed E-state index contributed by atoms with van der Waals surface area (Å²) in [5, 5.41) is 80.3. The minimum Gasteiger partial charge on any atom is -0.396 e. The molecule has 8 aliphatic rings. The molecular formula is C111H224N14O18. The molecule has 8 atom stereocenters. The van der Waals surface area contributed by atoms with Gasteiger partial charge in [0.1, 0.15) is 6.54 Å². The number of hydrogen-bond acceptors (Lipinski definition) is 20. The van der Waals surface area contributed by atoms with Gasteiger partial charge in [0.05, 0.1) is 87.2 Å². The molecule has 0 bridgehead atoms. The SMILES string of the molecule is C.C=C(C(=O)N1CCCCC1)C(C)(C)C.CC.CC.CC.CC.CC(C)(C)C(CO)C(=O)N1CCCCC1.CC(C)(C)C(CO)C(=O)NC1CCCCC1.CC(C)(C)C(CO)C(=O)NN1CCCCC1.CC(C)(C)NC(=O)C1CC(=O)N(C2CC2)C1.CC(O)CNC(=O)C(CO)C(C)(C)C.CCCN1CCN(C(=O)NC)CC1=O.CCCNC(=O)C(CO)C(C)(C)C.CN1CCN(C(=O)C(CO)C(C)(C)C)CC1. The molecule has 0 radical (unpaired) electrons. The fraction of sp³-hybridized carbons (Fsp3) is 0.883. The van der Waals surface area contributed by atoms with Crippen molar-refractivity contribution in [2.24, 2.45) is 79.3 Å². The second kappa shape index (κ2) is 76.0. The second-order valence-corrected chi connectivity index (χ2v) is 46.2. The molecular weight excluding hydrogens is 1820 g/mol. The molecule has 32 nitrogen and oxygen atoms in total. The van der Waals surface area contributed by atoms with Crippen LogP contribution >= 0.6 is 0 Å². The normalized spacial score (nSPS) is 18.4. The first-order valence-corrected chi connectivity index (χ1v) is 54.3. The highest BCUT2D eigenvalue weighted by Crippen LogP contribution is 2.36. The first kappa shape index (κ1) is 147. The van der Waals surface area contributed by atoms with Gasteiger partial charge < -0.3 is 96.6 Å². The summed E-state index contributed by atoms with van der Waals surface area (Å²) in [6.07, 6.45) is 20.3. The number of hydrazine groups is 1. The Morgan fingerprint density at radius 2 is 0.783 bits per heavy atom. The predicted molar refractivity (Wildman–Crippen MR) is 586 cm³/mol. The second-order valence-electron chi connectivity index (χ2n) is 46.2. The quantitative estimate of drug-likeness (QED) is 0.0423. The lowest BCUT2D eigenvalue weighted by molar-refractivity contribution is -0.143. The standard InChI is InChI=1S/C13H25NO2.C12H20N2O2.2C12H24N2O2.C12H23NO2.C12H21NO.C10H21NO3.C10H21NO2.C9H17N3O2.4C2H6.CH4/c1-13(2,3)11(9-15)12(16)14-10-7-5-4-6-8-10;1-12(2,3)13-11(16)8-6-10(15)14(7-8)9-4-5-9;1-12(2,3)10(9-15)11(16)14-7-5-13(4)6-8-14;1-12(2,3)10(9-15)11(16)13-14-7-5-4-6-8-14;1-12(2,3)10(9-14)11(15)13-7-5-4-6-8-13;1-10(12(2,3)4)11(14)13-8-6-5-7-9-13;1-7(13)5-11-9(14)8(6-12)10(2,3)4;1-5-6-11-9(13)8(7-12)10(2,3)4;1-3-4-11-5-6-12(7-8(11)13)9(14)10-2;4*1-2;/h10-11,15H,4-9H2,1-3H3,(H,14,16);8-9H,4-7H2,1-3H3,(H,13,16);10,15H,5-9H2,1-4H3;10,15H,4-9H2,1-3H3,(H,13,16);10,14H,4-9H2,1-3H3;1,5-9H2,2-4H3;7-8,12-13H,5-6H2,1-4H3,(H,11,14);8,12H,5-7H2,1-4H3,(H,11,13);3-7H2,1-2H3,(H,10,14);4*1-2H3;1H4. The van der Waals surface area contributed by atoms with Gasteiger partial charge in [-0.15, -0.1) is 0 Å². The highest BCUT2D eigenvalue weighted by molar-refractivity contribution is 5.94. The van der Waals surface area contributed by atoms with Crippen LogP contribution in [-0.2, 0) is 47.9 Å². The lowest BCUT2D eigenvalue weighted by Crippen LogP contribution is -2.54. The van der Waals surface area contributed by atoms with E-state index >= 15 is 0 Å². The molecule has 8 fully saturated rings.